The molecule has 3 nitrogen and oxygen atoms in total. The van der Waals surface area contributed by atoms with Gasteiger partial charge in [-0.25, -0.2) is 0 Å². The standard InChI is InChI=1S/C13H17N3Se/c14-16-15-11-13(9-5-2-6-10-13)17-12-7-3-1-4-8-12/h1,3-4,7-8H,2,5-6,9-11H2. The third-order valence-electron chi connectivity index (χ3n) is 3.26. The monoisotopic (exact) mass is 295 g/mol. The van der Waals surface area contributed by atoms with Gasteiger partial charge in [0.05, 0.1) is 0 Å². The van der Waals surface area contributed by atoms with Crippen LogP contribution in [0.1, 0.15) is 32.1 Å². The molecule has 0 saturated heterocycles. The zero-order valence-corrected chi connectivity index (χ0v) is 11.6. The van der Waals surface area contributed by atoms with Crippen LogP contribution >= 0.6 is 0 Å². The fourth-order valence-corrected chi connectivity index (χ4v) is 5.34. The van der Waals surface area contributed by atoms with E-state index in [0.29, 0.717) is 21.5 Å². The van der Waals surface area contributed by atoms with Crippen LogP contribution in [0.3, 0.4) is 0 Å². The molecule has 0 amide bonds. The first-order valence-corrected chi connectivity index (χ1v) is 7.81. The summed E-state index contributed by atoms with van der Waals surface area (Å²) in [5.74, 6) is 0. The molecule has 1 aromatic rings. The maximum atomic E-state index is 8.54. The van der Waals surface area contributed by atoms with Crippen molar-refractivity contribution in [2.75, 3.05) is 6.54 Å². The van der Waals surface area contributed by atoms with E-state index in [9.17, 15) is 0 Å². The van der Waals surface area contributed by atoms with Crippen molar-refractivity contribution >= 4 is 19.4 Å². The van der Waals surface area contributed by atoms with Gasteiger partial charge in [0.2, 0.25) is 0 Å². The Morgan fingerprint density at radius 3 is 2.53 bits per heavy atom. The Balaban J connectivity index is 2.12. The molecular formula is C13H17N3Se. The third kappa shape index (κ3) is 3.50. The molecule has 0 aromatic heterocycles. The van der Waals surface area contributed by atoms with Gasteiger partial charge in [-0.1, -0.05) is 0 Å². The number of azide groups is 1. The van der Waals surface area contributed by atoms with Crippen LogP contribution in [-0.4, -0.2) is 21.5 Å². The summed E-state index contributed by atoms with van der Waals surface area (Å²) in [6.07, 6.45) is 6.36. The van der Waals surface area contributed by atoms with Gasteiger partial charge in [-0.3, -0.25) is 0 Å². The molecule has 17 heavy (non-hydrogen) atoms. The van der Waals surface area contributed by atoms with Crippen LogP contribution in [0.15, 0.2) is 35.4 Å². The van der Waals surface area contributed by atoms with Gasteiger partial charge in [0.15, 0.2) is 0 Å². The average Bonchev–Trinajstić information content (AvgIpc) is 2.39. The summed E-state index contributed by atoms with van der Waals surface area (Å²) in [5, 5.41) is 3.86. The molecule has 2 rings (SSSR count). The van der Waals surface area contributed by atoms with Crippen LogP contribution < -0.4 is 4.46 Å². The predicted molar refractivity (Wildman–Crippen MR) is 71.6 cm³/mol. The number of rotatable bonds is 4. The Hall–Kier alpha value is -0.951. The van der Waals surface area contributed by atoms with Crippen LogP contribution in [0.4, 0.5) is 0 Å². The minimum atomic E-state index is 0.277. The second kappa shape index (κ2) is 6.11. The molecule has 90 valence electrons. The number of nitrogens with zero attached hydrogens (tertiary/aromatic N) is 3. The second-order valence-electron chi connectivity index (χ2n) is 4.55. The van der Waals surface area contributed by atoms with Crippen molar-refractivity contribution in [1.82, 2.24) is 0 Å². The average molecular weight is 294 g/mol. The summed E-state index contributed by atoms with van der Waals surface area (Å²) in [6.45, 7) is 0.679. The SMILES string of the molecule is [N-]=[N+]=NCC1([Se]c2ccccc2)CCCCC1. The van der Waals surface area contributed by atoms with Gasteiger partial charge >= 0.3 is 108 Å². The first-order chi connectivity index (χ1) is 8.35. The van der Waals surface area contributed by atoms with Crippen LogP contribution in [-0.2, 0) is 0 Å². The molecule has 4 heteroatoms. The molecule has 1 aliphatic rings. The fourth-order valence-electron chi connectivity index (χ4n) is 2.39. The normalized spacial score (nSPS) is 18.4. The van der Waals surface area contributed by atoms with Crippen molar-refractivity contribution in [3.05, 3.63) is 40.8 Å². The first-order valence-electron chi connectivity index (χ1n) is 6.10. The number of hydrogen-bond donors (Lipinski definition) is 0. The maximum absolute atomic E-state index is 8.54. The van der Waals surface area contributed by atoms with Crippen molar-refractivity contribution < 1.29 is 0 Å². The summed E-state index contributed by atoms with van der Waals surface area (Å²) in [6, 6.07) is 10.7. The Bertz CT molecular complexity index is 392. The Kier molecular flexibility index (Phi) is 4.49. The minimum absolute atomic E-state index is 0.277. The molecule has 0 radical (unpaired) electrons. The zero-order chi connectivity index (χ0) is 12.0. The molecule has 0 heterocycles. The van der Waals surface area contributed by atoms with E-state index in [-0.39, 0.29) is 4.31 Å². The number of benzene rings is 1. The van der Waals surface area contributed by atoms with Crippen molar-refractivity contribution in [2.45, 2.75) is 36.4 Å². The molecule has 0 aliphatic heterocycles. The van der Waals surface area contributed by atoms with Gasteiger partial charge in [-0.15, -0.1) is 0 Å². The van der Waals surface area contributed by atoms with Crippen LogP contribution in [0.2, 0.25) is 4.31 Å². The Morgan fingerprint density at radius 2 is 1.88 bits per heavy atom. The topological polar surface area (TPSA) is 48.8 Å². The molecular weight excluding hydrogens is 277 g/mol. The third-order valence-corrected chi connectivity index (χ3v) is 6.37. The van der Waals surface area contributed by atoms with Gasteiger partial charge in [0.25, 0.3) is 0 Å². The van der Waals surface area contributed by atoms with Gasteiger partial charge in [-0.05, 0) is 0 Å². The number of hydrogen-bond acceptors (Lipinski definition) is 1. The summed E-state index contributed by atoms with van der Waals surface area (Å²) < 4.78 is 1.70. The van der Waals surface area contributed by atoms with E-state index in [1.807, 2.05) is 0 Å². The summed E-state index contributed by atoms with van der Waals surface area (Å²) in [7, 11) is 0. The van der Waals surface area contributed by atoms with Crippen LogP contribution in [0.5, 0.6) is 0 Å². The Labute approximate surface area is 108 Å². The molecule has 1 fully saturated rings. The van der Waals surface area contributed by atoms with E-state index in [4.69, 9.17) is 5.53 Å². The molecule has 1 saturated carbocycles. The molecule has 0 atom stereocenters. The summed E-state index contributed by atoms with van der Waals surface area (Å²) >= 11 is 0.420. The van der Waals surface area contributed by atoms with E-state index in [2.05, 4.69) is 40.4 Å². The first kappa shape index (κ1) is 12.5. The van der Waals surface area contributed by atoms with E-state index in [1.54, 1.807) is 0 Å². The van der Waals surface area contributed by atoms with Crippen molar-refractivity contribution in [2.24, 2.45) is 5.11 Å². The zero-order valence-electron chi connectivity index (χ0n) is 9.88. The van der Waals surface area contributed by atoms with E-state index in [0.717, 1.165) is 0 Å². The van der Waals surface area contributed by atoms with Gasteiger partial charge in [-0.2, -0.15) is 0 Å². The Morgan fingerprint density at radius 1 is 1.18 bits per heavy atom. The van der Waals surface area contributed by atoms with E-state index in [1.165, 1.54) is 36.6 Å². The molecule has 0 bridgehead atoms. The molecule has 1 aliphatic carbocycles. The molecule has 0 N–H and O–H groups in total. The van der Waals surface area contributed by atoms with Gasteiger partial charge in [0, 0.05) is 0 Å². The van der Waals surface area contributed by atoms with Gasteiger partial charge in [0.1, 0.15) is 0 Å². The van der Waals surface area contributed by atoms with Crippen LogP contribution in [0.25, 0.3) is 10.4 Å². The van der Waals surface area contributed by atoms with Crippen molar-refractivity contribution in [3.8, 4) is 0 Å². The summed E-state index contributed by atoms with van der Waals surface area (Å²) in [5.41, 5.74) is 8.54. The van der Waals surface area contributed by atoms with Crippen molar-refractivity contribution in [3.63, 3.8) is 0 Å². The quantitative estimate of drug-likeness (QED) is 0.353. The van der Waals surface area contributed by atoms with E-state index >= 15 is 0 Å². The molecule has 0 spiro atoms. The van der Waals surface area contributed by atoms with Gasteiger partial charge < -0.3 is 0 Å². The van der Waals surface area contributed by atoms with Crippen molar-refractivity contribution in [1.29, 1.82) is 0 Å². The fraction of sp³-hybridized carbons (Fsp3) is 0.538. The van der Waals surface area contributed by atoms with E-state index < -0.39 is 0 Å². The summed E-state index contributed by atoms with van der Waals surface area (Å²) in [4.78, 5) is 2.95. The second-order valence-corrected chi connectivity index (χ2v) is 7.78. The predicted octanol–water partition coefficient (Wildman–Crippen LogP) is 3.45. The molecule has 1 aromatic carbocycles. The van der Waals surface area contributed by atoms with Crippen LogP contribution in [0, 0.1) is 0 Å². The molecule has 0 unspecified atom stereocenters.